The molecule has 0 aromatic heterocycles. The van der Waals surface area contributed by atoms with Gasteiger partial charge in [0, 0.05) is 13.1 Å². The van der Waals surface area contributed by atoms with Gasteiger partial charge >= 0.3 is 0 Å². The highest BCUT2D eigenvalue weighted by molar-refractivity contribution is 6.41. The number of nitrogens with zero attached hydrogens (tertiary/aromatic N) is 1. The third kappa shape index (κ3) is 2.71. The van der Waals surface area contributed by atoms with Crippen LogP contribution in [0.15, 0.2) is 11.6 Å². The summed E-state index contributed by atoms with van der Waals surface area (Å²) in [5.74, 6) is -0.191. The van der Waals surface area contributed by atoms with Crippen molar-refractivity contribution in [3.63, 3.8) is 0 Å². The van der Waals surface area contributed by atoms with E-state index in [9.17, 15) is 4.79 Å². The number of ether oxygens (including phenoxy) is 1. The van der Waals surface area contributed by atoms with Gasteiger partial charge in [0.05, 0.1) is 17.2 Å². The summed E-state index contributed by atoms with van der Waals surface area (Å²) in [5, 5.41) is 0.0706. The molecule has 0 N–H and O–H groups in total. The first-order valence-corrected chi connectivity index (χ1v) is 4.67. The summed E-state index contributed by atoms with van der Waals surface area (Å²) in [6.45, 7) is 8.47. The fourth-order valence-electron chi connectivity index (χ4n) is 1.52. The number of amides is 1. The normalized spacial score (nSPS) is 28.7. The monoisotopic (exact) mass is 203 g/mol. The smallest absolute Gasteiger partial charge is 0.264 e. The second-order valence-corrected chi connectivity index (χ2v) is 3.83. The summed E-state index contributed by atoms with van der Waals surface area (Å²) in [6, 6.07) is 0. The molecule has 0 bridgehead atoms. The van der Waals surface area contributed by atoms with Crippen molar-refractivity contribution in [2.75, 3.05) is 13.1 Å². The highest BCUT2D eigenvalue weighted by atomic mass is 35.5. The molecule has 0 aromatic carbocycles. The predicted molar refractivity (Wildman–Crippen MR) is 51.6 cm³/mol. The van der Waals surface area contributed by atoms with Crippen molar-refractivity contribution in [3.8, 4) is 0 Å². The van der Waals surface area contributed by atoms with E-state index in [1.807, 2.05) is 13.8 Å². The van der Waals surface area contributed by atoms with Crippen LogP contribution in [-0.2, 0) is 9.53 Å². The number of halogens is 1. The molecule has 1 saturated heterocycles. The van der Waals surface area contributed by atoms with E-state index in [0.717, 1.165) is 0 Å². The van der Waals surface area contributed by atoms with E-state index < -0.39 is 0 Å². The first kappa shape index (κ1) is 10.5. The lowest BCUT2D eigenvalue weighted by Gasteiger charge is -2.35. The van der Waals surface area contributed by atoms with Gasteiger partial charge in [-0.15, -0.1) is 0 Å². The quantitative estimate of drug-likeness (QED) is 0.603. The highest BCUT2D eigenvalue weighted by Crippen LogP contribution is 2.13. The van der Waals surface area contributed by atoms with E-state index in [2.05, 4.69) is 6.58 Å². The van der Waals surface area contributed by atoms with Gasteiger partial charge in [-0.2, -0.15) is 0 Å². The lowest BCUT2D eigenvalue weighted by Crippen LogP contribution is -2.48. The summed E-state index contributed by atoms with van der Waals surface area (Å²) in [4.78, 5) is 13.1. The van der Waals surface area contributed by atoms with Gasteiger partial charge in [0.1, 0.15) is 0 Å². The van der Waals surface area contributed by atoms with Crippen molar-refractivity contribution in [2.45, 2.75) is 26.1 Å². The number of hydrogen-bond acceptors (Lipinski definition) is 2. The van der Waals surface area contributed by atoms with Crippen LogP contribution in [-0.4, -0.2) is 36.1 Å². The fourth-order valence-corrected chi connectivity index (χ4v) is 1.63. The van der Waals surface area contributed by atoms with Crippen LogP contribution in [0.2, 0.25) is 0 Å². The number of rotatable bonds is 1. The van der Waals surface area contributed by atoms with Crippen molar-refractivity contribution in [1.29, 1.82) is 0 Å². The second kappa shape index (κ2) is 4.11. The molecule has 1 aliphatic heterocycles. The Bertz CT molecular complexity index is 220. The molecular formula is C9H14ClNO2. The van der Waals surface area contributed by atoms with Crippen LogP contribution in [0.3, 0.4) is 0 Å². The average Bonchev–Trinajstić information content (AvgIpc) is 2.01. The van der Waals surface area contributed by atoms with Crippen molar-refractivity contribution in [2.24, 2.45) is 0 Å². The Labute approximate surface area is 83.3 Å². The molecule has 1 fully saturated rings. The molecule has 1 heterocycles. The second-order valence-electron chi connectivity index (χ2n) is 3.37. The molecule has 4 heteroatoms. The molecule has 0 aromatic rings. The fraction of sp³-hybridized carbons (Fsp3) is 0.667. The molecule has 13 heavy (non-hydrogen) atoms. The molecule has 0 spiro atoms. The predicted octanol–water partition coefficient (Wildman–Crippen LogP) is 1.37. The summed E-state index contributed by atoms with van der Waals surface area (Å²) < 4.78 is 5.48. The lowest BCUT2D eigenvalue weighted by molar-refractivity contribution is -0.138. The van der Waals surface area contributed by atoms with Gasteiger partial charge in [0.25, 0.3) is 5.91 Å². The minimum Gasteiger partial charge on any atom is -0.372 e. The van der Waals surface area contributed by atoms with Crippen LogP contribution >= 0.6 is 11.6 Å². The van der Waals surface area contributed by atoms with Gasteiger partial charge in [-0.05, 0) is 13.8 Å². The van der Waals surface area contributed by atoms with Gasteiger partial charge in [0.2, 0.25) is 0 Å². The molecule has 2 unspecified atom stereocenters. The Morgan fingerprint density at radius 2 is 1.92 bits per heavy atom. The molecule has 0 radical (unpaired) electrons. The van der Waals surface area contributed by atoms with Crippen LogP contribution in [0.5, 0.6) is 0 Å². The van der Waals surface area contributed by atoms with Crippen molar-refractivity contribution >= 4 is 17.5 Å². The van der Waals surface area contributed by atoms with Gasteiger partial charge < -0.3 is 9.64 Å². The Morgan fingerprint density at radius 1 is 1.46 bits per heavy atom. The average molecular weight is 204 g/mol. The number of hydrogen-bond donors (Lipinski definition) is 0. The van der Waals surface area contributed by atoms with Gasteiger partial charge in [-0.1, -0.05) is 18.2 Å². The maximum absolute atomic E-state index is 11.4. The zero-order valence-corrected chi connectivity index (χ0v) is 8.67. The van der Waals surface area contributed by atoms with E-state index >= 15 is 0 Å². The molecule has 3 nitrogen and oxygen atoms in total. The van der Waals surface area contributed by atoms with Crippen LogP contribution in [0, 0.1) is 0 Å². The maximum atomic E-state index is 11.4. The van der Waals surface area contributed by atoms with Crippen LogP contribution in [0.4, 0.5) is 0 Å². The number of carbonyl (C=O) groups is 1. The molecule has 74 valence electrons. The van der Waals surface area contributed by atoms with Crippen molar-refractivity contribution in [1.82, 2.24) is 4.90 Å². The third-order valence-electron chi connectivity index (χ3n) is 1.94. The van der Waals surface area contributed by atoms with Gasteiger partial charge in [0.15, 0.2) is 0 Å². The van der Waals surface area contributed by atoms with Crippen LogP contribution in [0.25, 0.3) is 0 Å². The molecular weight excluding hydrogens is 190 g/mol. The molecule has 1 aliphatic rings. The topological polar surface area (TPSA) is 29.5 Å². The van der Waals surface area contributed by atoms with E-state index in [1.54, 1.807) is 4.90 Å². The van der Waals surface area contributed by atoms with Crippen molar-refractivity contribution in [3.05, 3.63) is 11.6 Å². The van der Waals surface area contributed by atoms with Gasteiger partial charge in [-0.25, -0.2) is 0 Å². The van der Waals surface area contributed by atoms with E-state index in [-0.39, 0.29) is 23.1 Å². The SMILES string of the molecule is C=C(Cl)C(=O)N1CC(C)OC(C)C1. The molecule has 0 saturated carbocycles. The largest absolute Gasteiger partial charge is 0.372 e. The zero-order valence-electron chi connectivity index (χ0n) is 7.92. The molecule has 1 rings (SSSR count). The Morgan fingerprint density at radius 3 is 2.31 bits per heavy atom. The molecule has 1 amide bonds. The third-order valence-corrected chi connectivity index (χ3v) is 2.10. The summed E-state index contributed by atoms with van der Waals surface area (Å²) >= 11 is 5.53. The highest BCUT2D eigenvalue weighted by Gasteiger charge is 2.26. The van der Waals surface area contributed by atoms with Crippen LogP contribution in [0.1, 0.15) is 13.8 Å². The zero-order chi connectivity index (χ0) is 10.0. The van der Waals surface area contributed by atoms with E-state index in [4.69, 9.17) is 16.3 Å². The summed E-state index contributed by atoms with van der Waals surface area (Å²) in [6.07, 6.45) is 0.146. The van der Waals surface area contributed by atoms with Crippen molar-refractivity contribution < 1.29 is 9.53 Å². The van der Waals surface area contributed by atoms with Gasteiger partial charge in [-0.3, -0.25) is 4.79 Å². The Balaban J connectivity index is 2.60. The minimum absolute atomic E-state index is 0.0706. The first-order valence-electron chi connectivity index (χ1n) is 4.30. The first-order chi connectivity index (χ1) is 6.00. The summed E-state index contributed by atoms with van der Waals surface area (Å²) in [5.41, 5.74) is 0. The standard InChI is InChI=1S/C9H14ClNO2/c1-6-4-11(5-7(2)13-6)9(12)8(3)10/h6-7H,3-5H2,1-2H3. The molecule has 0 aliphatic carbocycles. The van der Waals surface area contributed by atoms with E-state index in [1.165, 1.54) is 0 Å². The molecule has 2 atom stereocenters. The number of carbonyl (C=O) groups excluding carboxylic acids is 1. The summed E-state index contributed by atoms with van der Waals surface area (Å²) in [7, 11) is 0. The Kier molecular flexibility index (Phi) is 3.33. The maximum Gasteiger partial charge on any atom is 0.264 e. The van der Waals surface area contributed by atoms with E-state index in [0.29, 0.717) is 13.1 Å². The number of morpholine rings is 1. The Hall–Kier alpha value is -0.540. The lowest BCUT2D eigenvalue weighted by atomic mass is 10.2. The minimum atomic E-state index is -0.191. The van der Waals surface area contributed by atoms with Crippen LogP contribution < -0.4 is 0 Å².